The summed E-state index contributed by atoms with van der Waals surface area (Å²) in [7, 11) is 2.11. The van der Waals surface area contributed by atoms with E-state index in [1.54, 1.807) is 0 Å². The standard InChI is InChI=1S/C15H19ClN4O/c1-20(13-3-2-8-17-9-13)10-14-18-15(21-19-14)11-4-6-12(16)7-5-11/h4-7,13,17H,2-3,8-10H2,1H3. The van der Waals surface area contributed by atoms with Crippen LogP contribution in [0.15, 0.2) is 28.8 Å². The van der Waals surface area contributed by atoms with Crippen LogP contribution in [-0.2, 0) is 6.54 Å². The van der Waals surface area contributed by atoms with E-state index in [-0.39, 0.29) is 0 Å². The number of likely N-dealkylation sites (N-methyl/N-ethyl adjacent to an activating group) is 1. The number of rotatable bonds is 4. The lowest BCUT2D eigenvalue weighted by Gasteiger charge is -2.30. The van der Waals surface area contributed by atoms with Gasteiger partial charge in [-0.2, -0.15) is 4.98 Å². The Hall–Kier alpha value is -1.43. The Balaban J connectivity index is 1.65. The molecule has 0 saturated carbocycles. The molecule has 0 bridgehead atoms. The fourth-order valence-corrected chi connectivity index (χ4v) is 2.72. The van der Waals surface area contributed by atoms with Crippen LogP contribution in [0.25, 0.3) is 11.5 Å². The maximum Gasteiger partial charge on any atom is 0.257 e. The number of hydrogen-bond donors (Lipinski definition) is 1. The minimum absolute atomic E-state index is 0.538. The van der Waals surface area contributed by atoms with Crippen molar-refractivity contribution in [2.24, 2.45) is 0 Å². The Kier molecular flexibility index (Phi) is 4.53. The zero-order chi connectivity index (χ0) is 14.7. The van der Waals surface area contributed by atoms with Crippen molar-refractivity contribution in [3.63, 3.8) is 0 Å². The van der Waals surface area contributed by atoms with Crippen molar-refractivity contribution < 1.29 is 4.52 Å². The summed E-state index contributed by atoms with van der Waals surface area (Å²) in [6.07, 6.45) is 2.43. The summed E-state index contributed by atoms with van der Waals surface area (Å²) in [5.41, 5.74) is 0.889. The van der Waals surface area contributed by atoms with Gasteiger partial charge in [0.25, 0.3) is 5.89 Å². The molecule has 0 radical (unpaired) electrons. The van der Waals surface area contributed by atoms with Crippen molar-refractivity contribution in [3.8, 4) is 11.5 Å². The highest BCUT2D eigenvalue weighted by atomic mass is 35.5. The van der Waals surface area contributed by atoms with Crippen LogP contribution in [0.1, 0.15) is 18.7 Å². The van der Waals surface area contributed by atoms with Crippen molar-refractivity contribution in [2.45, 2.75) is 25.4 Å². The first kappa shape index (κ1) is 14.5. The molecule has 2 aromatic rings. The molecule has 1 fully saturated rings. The van der Waals surface area contributed by atoms with Crippen molar-refractivity contribution in [2.75, 3.05) is 20.1 Å². The molecule has 1 aliphatic heterocycles. The van der Waals surface area contributed by atoms with E-state index in [0.29, 0.717) is 29.3 Å². The molecule has 5 nitrogen and oxygen atoms in total. The molecule has 3 rings (SSSR count). The molecule has 112 valence electrons. The average Bonchev–Trinajstić information content (AvgIpc) is 2.97. The molecule has 1 atom stereocenters. The third-order valence-electron chi connectivity index (χ3n) is 3.84. The minimum Gasteiger partial charge on any atom is -0.334 e. The van der Waals surface area contributed by atoms with Crippen molar-refractivity contribution in [1.82, 2.24) is 20.4 Å². The van der Waals surface area contributed by atoms with Gasteiger partial charge >= 0.3 is 0 Å². The normalized spacial score (nSPS) is 19.1. The third kappa shape index (κ3) is 3.61. The van der Waals surface area contributed by atoms with Crippen LogP contribution in [0.2, 0.25) is 5.02 Å². The van der Waals surface area contributed by atoms with Gasteiger partial charge in [0, 0.05) is 23.2 Å². The van der Waals surface area contributed by atoms with Gasteiger partial charge in [-0.15, -0.1) is 0 Å². The van der Waals surface area contributed by atoms with Crippen LogP contribution in [0.5, 0.6) is 0 Å². The number of hydrogen-bond acceptors (Lipinski definition) is 5. The van der Waals surface area contributed by atoms with E-state index >= 15 is 0 Å². The monoisotopic (exact) mass is 306 g/mol. The van der Waals surface area contributed by atoms with Gasteiger partial charge < -0.3 is 9.84 Å². The van der Waals surface area contributed by atoms with E-state index in [0.717, 1.165) is 18.7 Å². The minimum atomic E-state index is 0.538. The predicted octanol–water partition coefficient (Wildman–Crippen LogP) is 2.57. The van der Waals surface area contributed by atoms with E-state index in [1.807, 2.05) is 24.3 Å². The second-order valence-electron chi connectivity index (χ2n) is 5.44. The Morgan fingerprint density at radius 2 is 2.19 bits per heavy atom. The van der Waals surface area contributed by atoms with Crippen LogP contribution < -0.4 is 5.32 Å². The van der Waals surface area contributed by atoms with Crippen molar-refractivity contribution in [3.05, 3.63) is 35.1 Å². The number of nitrogens with zero attached hydrogens (tertiary/aromatic N) is 3. The lowest BCUT2D eigenvalue weighted by atomic mass is 10.1. The Morgan fingerprint density at radius 1 is 1.38 bits per heavy atom. The summed E-state index contributed by atoms with van der Waals surface area (Å²) in [5, 5.41) is 8.19. The molecule has 21 heavy (non-hydrogen) atoms. The maximum atomic E-state index is 5.88. The van der Waals surface area contributed by atoms with Crippen LogP contribution in [0.3, 0.4) is 0 Å². The lowest BCUT2D eigenvalue weighted by molar-refractivity contribution is 0.190. The first-order valence-electron chi connectivity index (χ1n) is 7.22. The predicted molar refractivity (Wildman–Crippen MR) is 82.1 cm³/mol. The van der Waals surface area contributed by atoms with Crippen molar-refractivity contribution >= 4 is 11.6 Å². The van der Waals surface area contributed by atoms with Gasteiger partial charge in [-0.3, -0.25) is 4.90 Å². The molecule has 1 aromatic heterocycles. The highest BCUT2D eigenvalue weighted by molar-refractivity contribution is 6.30. The van der Waals surface area contributed by atoms with E-state index in [1.165, 1.54) is 12.8 Å². The summed E-state index contributed by atoms with van der Waals surface area (Å²) in [4.78, 5) is 6.74. The maximum absolute atomic E-state index is 5.88. The Labute approximate surface area is 129 Å². The van der Waals surface area contributed by atoms with E-state index in [4.69, 9.17) is 16.1 Å². The third-order valence-corrected chi connectivity index (χ3v) is 4.10. The smallest absolute Gasteiger partial charge is 0.257 e. The number of benzene rings is 1. The number of halogens is 1. The summed E-state index contributed by atoms with van der Waals surface area (Å²) in [6, 6.07) is 7.94. The van der Waals surface area contributed by atoms with Gasteiger partial charge in [0.05, 0.1) is 6.54 Å². The fraction of sp³-hybridized carbons (Fsp3) is 0.467. The largest absolute Gasteiger partial charge is 0.334 e. The quantitative estimate of drug-likeness (QED) is 0.941. The molecule has 6 heteroatoms. The number of aromatic nitrogens is 2. The van der Waals surface area contributed by atoms with Crippen LogP contribution in [-0.4, -0.2) is 41.2 Å². The lowest BCUT2D eigenvalue weighted by Crippen LogP contribution is -2.43. The van der Waals surface area contributed by atoms with E-state index < -0.39 is 0 Å². The molecular weight excluding hydrogens is 288 g/mol. The highest BCUT2D eigenvalue weighted by Gasteiger charge is 2.19. The molecule has 1 aliphatic rings. The second-order valence-corrected chi connectivity index (χ2v) is 5.87. The topological polar surface area (TPSA) is 54.2 Å². The molecule has 1 aromatic carbocycles. The van der Waals surface area contributed by atoms with Crippen LogP contribution >= 0.6 is 11.6 Å². The second kappa shape index (κ2) is 6.56. The molecule has 0 aliphatic carbocycles. The molecule has 0 amide bonds. The molecule has 0 spiro atoms. The number of nitrogens with one attached hydrogen (secondary N) is 1. The van der Waals surface area contributed by atoms with Gasteiger partial charge in [-0.05, 0) is 50.7 Å². The Morgan fingerprint density at radius 3 is 2.90 bits per heavy atom. The zero-order valence-electron chi connectivity index (χ0n) is 12.1. The van der Waals surface area contributed by atoms with Gasteiger partial charge in [0.15, 0.2) is 5.82 Å². The molecule has 1 unspecified atom stereocenters. The van der Waals surface area contributed by atoms with Gasteiger partial charge in [0.1, 0.15) is 0 Å². The molecular formula is C15H19ClN4O. The molecule has 1 N–H and O–H groups in total. The van der Waals surface area contributed by atoms with Crippen LogP contribution in [0.4, 0.5) is 0 Å². The first-order chi connectivity index (χ1) is 10.2. The van der Waals surface area contributed by atoms with E-state index in [9.17, 15) is 0 Å². The van der Waals surface area contributed by atoms with Gasteiger partial charge in [0.2, 0.25) is 0 Å². The zero-order valence-corrected chi connectivity index (χ0v) is 12.8. The SMILES string of the molecule is CN(Cc1noc(-c2ccc(Cl)cc2)n1)C1CCCNC1. The molecule has 2 heterocycles. The van der Waals surface area contributed by atoms with Gasteiger partial charge in [-0.25, -0.2) is 0 Å². The van der Waals surface area contributed by atoms with Crippen molar-refractivity contribution in [1.29, 1.82) is 0 Å². The van der Waals surface area contributed by atoms with Crippen LogP contribution in [0, 0.1) is 0 Å². The Bertz CT molecular complexity index is 578. The summed E-state index contributed by atoms with van der Waals surface area (Å²) in [5.74, 6) is 1.25. The summed E-state index contributed by atoms with van der Waals surface area (Å²) >= 11 is 5.88. The van der Waals surface area contributed by atoms with E-state index in [2.05, 4.69) is 27.4 Å². The fourth-order valence-electron chi connectivity index (χ4n) is 2.59. The highest BCUT2D eigenvalue weighted by Crippen LogP contribution is 2.20. The van der Waals surface area contributed by atoms with Gasteiger partial charge in [-0.1, -0.05) is 16.8 Å². The summed E-state index contributed by atoms with van der Waals surface area (Å²) in [6.45, 7) is 2.84. The molecule has 1 saturated heterocycles. The first-order valence-corrected chi connectivity index (χ1v) is 7.59. The summed E-state index contributed by atoms with van der Waals surface area (Å²) < 4.78 is 5.33. The average molecular weight is 307 g/mol. The number of piperidine rings is 1.